The van der Waals surface area contributed by atoms with Gasteiger partial charge in [-0.1, -0.05) is 35.0 Å². The molecule has 0 aliphatic carbocycles. The molecule has 1 amide bonds. The number of nitrogens with zero attached hydrogens (tertiary/aromatic N) is 4. The van der Waals surface area contributed by atoms with Crippen LogP contribution in [0.5, 0.6) is 0 Å². The van der Waals surface area contributed by atoms with Crippen molar-refractivity contribution < 1.29 is 9.32 Å². The number of pyridine rings is 1. The van der Waals surface area contributed by atoms with Crippen LogP contribution in [0.2, 0.25) is 5.02 Å². The average molecular weight is 434 g/mol. The third-order valence-electron chi connectivity index (χ3n) is 5.55. The molecule has 8 heteroatoms. The largest absolute Gasteiger partial charge is 0.398 e. The predicted molar refractivity (Wildman–Crippen MR) is 121 cm³/mol. The number of carbonyl (C=O) groups excluding carboxylic acids is 1. The fourth-order valence-corrected chi connectivity index (χ4v) is 3.97. The van der Waals surface area contributed by atoms with Gasteiger partial charge in [0, 0.05) is 31.7 Å². The summed E-state index contributed by atoms with van der Waals surface area (Å²) >= 11 is 6.12. The highest BCUT2D eigenvalue weighted by Crippen LogP contribution is 2.27. The molecule has 3 heterocycles. The van der Waals surface area contributed by atoms with E-state index in [1.54, 1.807) is 6.07 Å². The molecule has 0 unspecified atom stereocenters. The van der Waals surface area contributed by atoms with E-state index in [1.165, 1.54) is 0 Å². The molecule has 1 aliphatic rings. The van der Waals surface area contributed by atoms with E-state index in [4.69, 9.17) is 21.9 Å². The van der Waals surface area contributed by atoms with Crippen molar-refractivity contribution in [2.75, 3.05) is 36.8 Å². The van der Waals surface area contributed by atoms with E-state index in [0.29, 0.717) is 48.2 Å². The molecule has 31 heavy (non-hydrogen) atoms. The molecule has 156 valence electrons. The monoisotopic (exact) mass is 433 g/mol. The molecule has 2 N–H and O–H groups in total. The number of hydrogen-bond donors (Lipinski definition) is 1. The Balaban J connectivity index is 1.26. The lowest BCUT2D eigenvalue weighted by molar-refractivity contribution is 0.0707. The average Bonchev–Trinajstić information content (AvgIpc) is 3.25. The second kappa shape index (κ2) is 7.92. The van der Waals surface area contributed by atoms with Gasteiger partial charge in [-0.15, -0.1) is 0 Å². The van der Waals surface area contributed by atoms with Crippen LogP contribution >= 0.6 is 11.6 Å². The quantitative estimate of drug-likeness (QED) is 0.489. The van der Waals surface area contributed by atoms with Gasteiger partial charge < -0.3 is 20.1 Å². The molecule has 1 aliphatic heterocycles. The van der Waals surface area contributed by atoms with Crippen molar-refractivity contribution in [1.29, 1.82) is 0 Å². The zero-order chi connectivity index (χ0) is 21.4. The summed E-state index contributed by atoms with van der Waals surface area (Å²) in [6, 6.07) is 16.9. The maximum absolute atomic E-state index is 12.9. The minimum Gasteiger partial charge on any atom is -0.398 e. The van der Waals surface area contributed by atoms with Gasteiger partial charge in [0.15, 0.2) is 0 Å². The van der Waals surface area contributed by atoms with Crippen LogP contribution in [-0.2, 0) is 0 Å². The molecule has 7 nitrogen and oxygen atoms in total. The summed E-state index contributed by atoms with van der Waals surface area (Å²) in [6.07, 6.45) is 1.85. The van der Waals surface area contributed by atoms with Crippen LogP contribution in [0.15, 0.2) is 65.3 Å². The standard InChI is InChI=1S/C23H20ClN5O2/c24-18-13-15(5-7-19(18)25)20-8-6-16(14-26-20)28-9-11-29(12-10-28)23(30)22-17-3-1-2-4-21(17)27-31-22/h1-8,13-14H,9-12,25H2. The van der Waals surface area contributed by atoms with Crippen molar-refractivity contribution in [2.45, 2.75) is 0 Å². The van der Waals surface area contributed by atoms with Gasteiger partial charge in [-0.05, 0) is 36.4 Å². The van der Waals surface area contributed by atoms with Gasteiger partial charge in [-0.25, -0.2) is 0 Å². The fourth-order valence-electron chi connectivity index (χ4n) is 3.79. The van der Waals surface area contributed by atoms with Crippen LogP contribution in [0.3, 0.4) is 0 Å². The third-order valence-corrected chi connectivity index (χ3v) is 5.88. The smallest absolute Gasteiger partial charge is 0.293 e. The van der Waals surface area contributed by atoms with Gasteiger partial charge in [-0.2, -0.15) is 0 Å². The lowest BCUT2D eigenvalue weighted by Crippen LogP contribution is -2.48. The summed E-state index contributed by atoms with van der Waals surface area (Å²) in [5.74, 6) is 0.180. The molecule has 0 spiro atoms. The van der Waals surface area contributed by atoms with Gasteiger partial charge in [0.25, 0.3) is 5.91 Å². The second-order valence-electron chi connectivity index (χ2n) is 7.45. The summed E-state index contributed by atoms with van der Waals surface area (Å²) in [7, 11) is 0. The Hall–Kier alpha value is -3.58. The lowest BCUT2D eigenvalue weighted by atomic mass is 10.1. The Bertz CT molecular complexity index is 1250. The number of amides is 1. The third kappa shape index (κ3) is 3.68. The molecule has 1 fully saturated rings. The number of nitrogen functional groups attached to an aromatic ring is 1. The van der Waals surface area contributed by atoms with E-state index >= 15 is 0 Å². The zero-order valence-corrected chi connectivity index (χ0v) is 17.4. The first-order valence-corrected chi connectivity index (χ1v) is 10.4. The number of halogens is 1. The molecule has 0 atom stereocenters. The first kappa shape index (κ1) is 19.4. The summed E-state index contributed by atoms with van der Waals surface area (Å²) < 4.78 is 5.33. The van der Waals surface area contributed by atoms with Crippen molar-refractivity contribution in [3.63, 3.8) is 0 Å². The van der Waals surface area contributed by atoms with Crippen molar-refractivity contribution in [3.05, 3.63) is 71.6 Å². The van der Waals surface area contributed by atoms with E-state index in [9.17, 15) is 4.79 Å². The molecule has 5 rings (SSSR count). The number of hydrogen-bond acceptors (Lipinski definition) is 6. The Morgan fingerprint density at radius 2 is 1.84 bits per heavy atom. The summed E-state index contributed by atoms with van der Waals surface area (Å²) in [5, 5.41) is 5.25. The molecule has 0 bridgehead atoms. The Morgan fingerprint density at radius 3 is 2.58 bits per heavy atom. The van der Waals surface area contributed by atoms with Gasteiger partial charge >= 0.3 is 0 Å². The number of anilines is 2. The lowest BCUT2D eigenvalue weighted by Gasteiger charge is -2.35. The number of nitrogens with two attached hydrogens (primary N) is 1. The molecule has 2 aromatic carbocycles. The molecular weight excluding hydrogens is 414 g/mol. The molecule has 4 aromatic rings. The highest BCUT2D eigenvalue weighted by atomic mass is 35.5. The van der Waals surface area contributed by atoms with Crippen molar-refractivity contribution in [1.82, 2.24) is 15.0 Å². The van der Waals surface area contributed by atoms with E-state index in [0.717, 1.165) is 22.3 Å². The SMILES string of the molecule is Nc1ccc(-c2ccc(N3CCN(C(=O)c4onc5ccccc45)CC3)cn2)cc1Cl. The normalized spacial score (nSPS) is 14.2. The molecule has 2 aromatic heterocycles. The fraction of sp³-hybridized carbons (Fsp3) is 0.174. The Morgan fingerprint density at radius 1 is 1.03 bits per heavy atom. The van der Waals surface area contributed by atoms with Gasteiger partial charge in [0.2, 0.25) is 5.76 Å². The van der Waals surface area contributed by atoms with Crippen LogP contribution < -0.4 is 10.6 Å². The van der Waals surface area contributed by atoms with Crippen molar-refractivity contribution in [3.8, 4) is 11.3 Å². The van der Waals surface area contributed by atoms with Crippen LogP contribution in [0, 0.1) is 0 Å². The molecule has 0 saturated carbocycles. The minimum atomic E-state index is -0.123. The van der Waals surface area contributed by atoms with E-state index in [1.807, 2.05) is 59.6 Å². The number of aromatic nitrogens is 2. The predicted octanol–water partition coefficient (Wildman–Crippen LogP) is 4.09. The van der Waals surface area contributed by atoms with E-state index < -0.39 is 0 Å². The highest BCUT2D eigenvalue weighted by molar-refractivity contribution is 6.33. The topological polar surface area (TPSA) is 88.5 Å². The van der Waals surface area contributed by atoms with Gasteiger partial charge in [0.1, 0.15) is 5.52 Å². The number of piperazine rings is 1. The molecule has 1 saturated heterocycles. The first-order chi connectivity index (χ1) is 15.1. The highest BCUT2D eigenvalue weighted by Gasteiger charge is 2.26. The first-order valence-electron chi connectivity index (χ1n) is 10.0. The van der Waals surface area contributed by atoms with E-state index in [-0.39, 0.29) is 5.91 Å². The molecular formula is C23H20ClN5O2. The van der Waals surface area contributed by atoms with Crippen LogP contribution in [0.25, 0.3) is 22.2 Å². The summed E-state index contributed by atoms with van der Waals surface area (Å²) in [4.78, 5) is 21.5. The Kier molecular flexibility index (Phi) is 4.95. The summed E-state index contributed by atoms with van der Waals surface area (Å²) in [6.45, 7) is 2.63. The van der Waals surface area contributed by atoms with Gasteiger partial charge in [-0.3, -0.25) is 9.78 Å². The molecule has 0 radical (unpaired) electrons. The van der Waals surface area contributed by atoms with Crippen LogP contribution in [0.1, 0.15) is 10.6 Å². The number of rotatable bonds is 3. The van der Waals surface area contributed by atoms with E-state index in [2.05, 4.69) is 15.0 Å². The maximum Gasteiger partial charge on any atom is 0.293 e. The zero-order valence-electron chi connectivity index (χ0n) is 16.7. The van der Waals surface area contributed by atoms with Crippen molar-refractivity contribution in [2.24, 2.45) is 0 Å². The second-order valence-corrected chi connectivity index (χ2v) is 7.85. The van der Waals surface area contributed by atoms with Gasteiger partial charge in [0.05, 0.1) is 33.7 Å². The van der Waals surface area contributed by atoms with Crippen LogP contribution in [0.4, 0.5) is 11.4 Å². The number of benzene rings is 2. The van der Waals surface area contributed by atoms with Crippen molar-refractivity contribution >= 4 is 39.8 Å². The minimum absolute atomic E-state index is 0.123. The van der Waals surface area contributed by atoms with Crippen LogP contribution in [-0.4, -0.2) is 47.1 Å². The number of fused-ring (bicyclic) bond motifs is 1. The number of carbonyl (C=O) groups is 1. The summed E-state index contributed by atoms with van der Waals surface area (Å²) in [5.41, 5.74) is 9.79. The Labute approximate surface area is 184 Å². The maximum atomic E-state index is 12.9.